The van der Waals surface area contributed by atoms with E-state index in [1.54, 1.807) is 30.3 Å². The molecule has 0 saturated heterocycles. The zero-order valence-corrected chi connectivity index (χ0v) is 23.9. The molecule has 210 valence electrons. The monoisotopic (exact) mass is 618 g/mol. The third kappa shape index (κ3) is 4.50. The molecule has 1 aromatic carbocycles. The molecule has 0 fully saturated rings. The number of hydrogen-bond acceptors (Lipinski definition) is 12. The molecule has 0 aliphatic carbocycles. The highest BCUT2D eigenvalue weighted by molar-refractivity contribution is 7.18. The van der Waals surface area contributed by atoms with Crippen molar-refractivity contribution in [3.63, 3.8) is 0 Å². The molecule has 47 heavy (non-hydrogen) atoms. The van der Waals surface area contributed by atoms with Crippen molar-refractivity contribution in [2.75, 3.05) is 0 Å². The van der Waals surface area contributed by atoms with Crippen LogP contribution in [0.1, 0.15) is 34.0 Å². The van der Waals surface area contributed by atoms with E-state index in [9.17, 15) is 26.3 Å². The van der Waals surface area contributed by atoms with Gasteiger partial charge >= 0.3 is 11.8 Å². The van der Waals surface area contributed by atoms with Gasteiger partial charge in [0.25, 0.3) is 5.82 Å². The summed E-state index contributed by atoms with van der Waals surface area (Å²) in [7, 11) is 0. The van der Waals surface area contributed by atoms with Gasteiger partial charge in [0.05, 0.1) is 44.1 Å². The second kappa shape index (κ2) is 11.5. The lowest BCUT2D eigenvalue weighted by Crippen LogP contribution is -2.15. The van der Waals surface area contributed by atoms with Crippen LogP contribution in [0, 0.1) is 76.4 Å². The quantitative estimate of drug-likeness (QED) is 0.200. The molecule has 0 amide bonds. The first kappa shape index (κ1) is 28.9. The Labute approximate surface area is 267 Å². The second-order valence-electron chi connectivity index (χ2n) is 9.16. The van der Waals surface area contributed by atoms with E-state index in [0.717, 1.165) is 0 Å². The highest BCUT2D eigenvalue weighted by Gasteiger charge is 2.24. The smallest absolute Gasteiger partial charge is 0.374 e. The standard InChI is InChI=1S/C32H6N14S/c1-38-29(26-23(13-36)41-24(14-37)46-31(26)39-2)20-7-5-16-15-4-6-19(42-27(15)17-8-9-47-30(17)28(16)43-20)18(10-33)25-21(11-34)44-32(40-3)45-22(25)12-35/h4-9H/b19-18-,29-20-. The van der Waals surface area contributed by atoms with E-state index in [0.29, 0.717) is 31.9 Å². The van der Waals surface area contributed by atoms with Crippen molar-refractivity contribution in [2.24, 2.45) is 0 Å². The van der Waals surface area contributed by atoms with E-state index in [-0.39, 0.29) is 61.8 Å². The number of hydrogen-bond donors (Lipinski definition) is 0. The summed E-state index contributed by atoms with van der Waals surface area (Å²) in [6, 6.07) is 17.6. The van der Waals surface area contributed by atoms with Crippen LogP contribution in [-0.2, 0) is 0 Å². The first-order chi connectivity index (χ1) is 22.9. The van der Waals surface area contributed by atoms with E-state index in [2.05, 4.69) is 34.5 Å². The van der Waals surface area contributed by atoms with Crippen molar-refractivity contribution >= 4 is 66.3 Å². The number of nitrogens with zero attached hydrogens (tertiary/aromatic N) is 14. The Hall–Kier alpha value is -8.18. The lowest BCUT2D eigenvalue weighted by molar-refractivity contribution is 1.09. The van der Waals surface area contributed by atoms with Crippen molar-refractivity contribution in [3.8, 4) is 30.3 Å². The van der Waals surface area contributed by atoms with Gasteiger partial charge in [-0.15, -0.1) is 27.9 Å². The number of nitriles is 5. The molecule has 14 nitrogen and oxygen atoms in total. The predicted molar refractivity (Wildman–Crippen MR) is 164 cm³/mol. The summed E-state index contributed by atoms with van der Waals surface area (Å²) < 4.78 is 0.684. The number of pyridine rings is 2. The summed E-state index contributed by atoms with van der Waals surface area (Å²) in [5, 5.41) is 52.6. The van der Waals surface area contributed by atoms with E-state index < -0.39 is 5.95 Å². The van der Waals surface area contributed by atoms with Crippen molar-refractivity contribution in [1.29, 1.82) is 26.3 Å². The summed E-state index contributed by atoms with van der Waals surface area (Å²) in [5.74, 6) is -1.10. The zero-order valence-electron chi connectivity index (χ0n) is 23.1. The van der Waals surface area contributed by atoms with Gasteiger partial charge in [0.2, 0.25) is 17.1 Å². The van der Waals surface area contributed by atoms with Gasteiger partial charge in [-0.3, -0.25) is 4.98 Å². The van der Waals surface area contributed by atoms with E-state index >= 15 is 0 Å². The second-order valence-corrected chi connectivity index (χ2v) is 10.1. The molecule has 0 saturated carbocycles. The Morgan fingerprint density at radius 2 is 1.28 bits per heavy atom. The SMILES string of the molecule is [C-]#[N+]/C(c1c(C#N)nc(C#N)nc1[N+]#[C-])=c1/ccc2c3cc/c(=C(\C#N)c4c(C#N)nc([N+]#[C-])nc4C#N)nc3c3ccsc3c2n1. The molecule has 0 bridgehead atoms. The van der Waals surface area contributed by atoms with Crippen molar-refractivity contribution < 1.29 is 0 Å². The minimum Gasteiger partial charge on any atom is -0.394 e. The third-order valence-corrected chi connectivity index (χ3v) is 7.76. The van der Waals surface area contributed by atoms with Gasteiger partial charge in [-0.1, -0.05) is 17.6 Å². The van der Waals surface area contributed by atoms with Gasteiger partial charge < -0.3 is 9.69 Å². The topological polar surface area (TPSA) is 209 Å². The van der Waals surface area contributed by atoms with Crippen LogP contribution >= 0.6 is 11.3 Å². The van der Waals surface area contributed by atoms with Crippen molar-refractivity contribution in [1.82, 2.24) is 29.9 Å². The number of rotatable bonds is 2. The first-order valence-corrected chi connectivity index (χ1v) is 13.7. The average Bonchev–Trinajstić information content (AvgIpc) is 3.63. The van der Waals surface area contributed by atoms with Crippen LogP contribution in [0.4, 0.5) is 11.8 Å². The maximum Gasteiger partial charge on any atom is 0.374 e. The minimum absolute atomic E-state index is 0.126. The summed E-state index contributed by atoms with van der Waals surface area (Å²) in [5.41, 5.74) is -0.453. The van der Waals surface area contributed by atoms with Crippen molar-refractivity contribution in [2.45, 2.75) is 0 Å². The molecule has 5 aromatic heterocycles. The van der Waals surface area contributed by atoms with Crippen LogP contribution in [0.2, 0.25) is 0 Å². The van der Waals surface area contributed by atoms with Crippen LogP contribution < -0.4 is 10.7 Å². The summed E-state index contributed by atoms with van der Waals surface area (Å²) >= 11 is 1.35. The predicted octanol–water partition coefficient (Wildman–Crippen LogP) is 3.96. The van der Waals surface area contributed by atoms with Gasteiger partial charge in [-0.25, -0.2) is 9.83 Å². The Morgan fingerprint density at radius 1 is 0.638 bits per heavy atom. The summed E-state index contributed by atoms with van der Waals surface area (Å²) in [6.07, 6.45) is 0. The fraction of sp³-hybridized carbons (Fsp3) is 0. The molecule has 0 spiro atoms. The Morgan fingerprint density at radius 3 is 1.87 bits per heavy atom. The first-order valence-electron chi connectivity index (χ1n) is 12.8. The van der Waals surface area contributed by atoms with Crippen molar-refractivity contribution in [3.05, 3.63) is 115 Å². The van der Waals surface area contributed by atoms with Crippen LogP contribution in [0.3, 0.4) is 0 Å². The van der Waals surface area contributed by atoms with E-state index in [4.69, 9.17) is 29.7 Å². The number of aromatic nitrogens is 6. The maximum atomic E-state index is 10.2. The number of thiophene rings is 1. The Bertz CT molecular complexity index is 2630. The van der Waals surface area contributed by atoms with Gasteiger partial charge in [0, 0.05) is 21.7 Å². The molecule has 0 unspecified atom stereocenters. The van der Waals surface area contributed by atoms with Crippen LogP contribution in [0.15, 0.2) is 35.7 Å². The number of benzene rings is 1. The molecule has 0 radical (unpaired) electrons. The molecule has 0 aliphatic rings. The summed E-state index contributed by atoms with van der Waals surface area (Å²) in [6.45, 7) is 22.6. The van der Waals surface area contributed by atoms with Gasteiger partial charge in [0.15, 0.2) is 6.07 Å². The van der Waals surface area contributed by atoms with Crippen LogP contribution in [0.5, 0.6) is 0 Å². The fourth-order valence-electron chi connectivity index (χ4n) is 4.94. The van der Waals surface area contributed by atoms with Gasteiger partial charge in [-0.2, -0.15) is 31.3 Å². The number of fused-ring (bicyclic) bond motifs is 6. The normalized spacial score (nSPS) is 11.5. The zero-order chi connectivity index (χ0) is 33.2. The van der Waals surface area contributed by atoms with Gasteiger partial charge in [-0.05, 0) is 29.6 Å². The van der Waals surface area contributed by atoms with Crippen LogP contribution in [-0.4, -0.2) is 29.9 Å². The lowest BCUT2D eigenvalue weighted by Gasteiger charge is -2.08. The summed E-state index contributed by atoms with van der Waals surface area (Å²) in [4.78, 5) is 35.1. The Balaban J connectivity index is 1.70. The molecule has 15 heteroatoms. The highest BCUT2D eigenvalue weighted by atomic mass is 32.1. The molecule has 0 N–H and O–H groups in total. The third-order valence-electron chi connectivity index (χ3n) is 6.84. The highest BCUT2D eigenvalue weighted by Crippen LogP contribution is 2.35. The molecular formula is C32H6N14S. The average molecular weight is 619 g/mol. The maximum absolute atomic E-state index is 10.2. The van der Waals surface area contributed by atoms with Gasteiger partial charge in [0.1, 0.15) is 30.0 Å². The Kier molecular flexibility index (Phi) is 7.07. The molecule has 5 heterocycles. The van der Waals surface area contributed by atoms with E-state index in [1.807, 2.05) is 35.7 Å². The van der Waals surface area contributed by atoms with Crippen LogP contribution in [0.25, 0.3) is 57.7 Å². The fourth-order valence-corrected chi connectivity index (χ4v) is 5.84. The largest absolute Gasteiger partial charge is 0.394 e. The lowest BCUT2D eigenvalue weighted by atomic mass is 10.0. The molecule has 0 aliphatic heterocycles. The minimum atomic E-state index is -0.400. The van der Waals surface area contributed by atoms with E-state index in [1.165, 1.54) is 11.3 Å². The molecule has 0 atom stereocenters. The molecule has 6 aromatic rings. The molecule has 6 rings (SSSR count). The molecular weight excluding hydrogens is 613 g/mol.